The lowest BCUT2D eigenvalue weighted by Crippen LogP contribution is -2.55. The van der Waals surface area contributed by atoms with Gasteiger partial charge in [0.05, 0.1) is 24.5 Å². The summed E-state index contributed by atoms with van der Waals surface area (Å²) in [4.78, 5) is 46.8. The van der Waals surface area contributed by atoms with Gasteiger partial charge in [0.1, 0.15) is 11.6 Å². The maximum Gasteiger partial charge on any atom is 0.253 e. The van der Waals surface area contributed by atoms with Gasteiger partial charge in [-0.2, -0.15) is 0 Å². The fourth-order valence-corrected chi connectivity index (χ4v) is 6.46. The fourth-order valence-electron chi connectivity index (χ4n) is 6.34. The molecule has 5 atom stereocenters. The summed E-state index contributed by atoms with van der Waals surface area (Å²) in [6.07, 6.45) is 6.73. The van der Waals surface area contributed by atoms with E-state index in [-0.39, 0.29) is 37.4 Å². The highest BCUT2D eigenvalue weighted by Gasteiger charge is 2.71. The van der Waals surface area contributed by atoms with Crippen molar-refractivity contribution in [3.63, 3.8) is 0 Å². The van der Waals surface area contributed by atoms with Gasteiger partial charge in [-0.25, -0.2) is 0 Å². The fraction of sp³-hybridized carbons (Fsp3) is 0.345. The van der Waals surface area contributed by atoms with E-state index in [1.165, 1.54) is 4.90 Å². The minimum absolute atomic E-state index is 0.0334. The molecule has 2 saturated heterocycles. The maximum absolute atomic E-state index is 14.1. The van der Waals surface area contributed by atoms with Gasteiger partial charge in [0, 0.05) is 36.9 Å². The van der Waals surface area contributed by atoms with Gasteiger partial charge < -0.3 is 24.5 Å². The summed E-state index contributed by atoms with van der Waals surface area (Å²) in [7, 11) is 0. The zero-order valence-electron chi connectivity index (χ0n) is 20.7. The molecule has 4 aliphatic rings. The van der Waals surface area contributed by atoms with Crippen molar-refractivity contribution >= 4 is 35.0 Å². The van der Waals surface area contributed by atoms with Crippen LogP contribution in [0.15, 0.2) is 78.9 Å². The van der Waals surface area contributed by atoms with Crippen LogP contribution in [-0.2, 0) is 25.7 Å². The number of amides is 3. The Morgan fingerprint density at radius 2 is 1.71 bits per heavy atom. The molecule has 1 N–H and O–H groups in total. The van der Waals surface area contributed by atoms with Crippen molar-refractivity contribution in [2.75, 3.05) is 31.1 Å². The van der Waals surface area contributed by atoms with Crippen molar-refractivity contribution in [2.45, 2.75) is 24.3 Å². The van der Waals surface area contributed by atoms with Gasteiger partial charge in [-0.1, -0.05) is 66.2 Å². The number of aliphatic hydroxyl groups excluding tert-OH is 1. The second-order valence-corrected chi connectivity index (χ2v) is 10.5. The van der Waals surface area contributed by atoms with Crippen LogP contribution in [0.5, 0.6) is 0 Å². The Labute approximate surface area is 225 Å². The molecule has 0 saturated carbocycles. The number of likely N-dealkylation sites (tertiary alicyclic amines) is 1. The van der Waals surface area contributed by atoms with Crippen LogP contribution in [0.3, 0.4) is 0 Å². The number of anilines is 1. The third-order valence-electron chi connectivity index (χ3n) is 7.94. The quantitative estimate of drug-likeness (QED) is 0.596. The number of carbonyl (C=O) groups excluding carboxylic acids is 3. The molecule has 2 aromatic carbocycles. The van der Waals surface area contributed by atoms with E-state index in [9.17, 15) is 19.5 Å². The number of hydrogen-bond donors (Lipinski definition) is 1. The molecule has 4 aliphatic heterocycles. The van der Waals surface area contributed by atoms with E-state index in [1.54, 1.807) is 40.1 Å². The molecule has 8 nitrogen and oxygen atoms in total. The Morgan fingerprint density at radius 1 is 0.947 bits per heavy atom. The average molecular weight is 534 g/mol. The van der Waals surface area contributed by atoms with Gasteiger partial charge in [0.2, 0.25) is 11.8 Å². The highest BCUT2D eigenvalue weighted by molar-refractivity contribution is 6.30. The number of fused-ring (bicyclic) bond motifs is 2. The third-order valence-corrected chi connectivity index (χ3v) is 8.19. The van der Waals surface area contributed by atoms with Crippen LogP contribution in [0, 0.1) is 11.8 Å². The second-order valence-electron chi connectivity index (χ2n) is 10.1. The predicted molar refractivity (Wildman–Crippen MR) is 141 cm³/mol. The molecular weight excluding hydrogens is 506 g/mol. The van der Waals surface area contributed by atoms with Crippen molar-refractivity contribution in [1.82, 2.24) is 9.80 Å². The SMILES string of the molecule is O=C1[C@@H]2[C@H](C=CCN1Cc1ccccc1)O[C@]13C=CCN(c4ccc(Cl)cc4)C(=O)C1N(CCO)C(=O)[C@H]23. The molecule has 196 valence electrons. The Morgan fingerprint density at radius 3 is 2.45 bits per heavy atom. The average Bonchev–Trinajstić information content (AvgIpc) is 3.23. The lowest BCUT2D eigenvalue weighted by Gasteiger charge is -2.35. The molecule has 0 aromatic heterocycles. The standard InChI is InChI=1S/C29H28ClN3O5/c30-20-9-11-21(12-10-20)32-15-5-13-29-24(27(36)33(16-17-34)25(29)28(32)37)23-22(38-29)8-4-14-31(26(23)35)18-19-6-2-1-3-7-19/h1-13,22-25,34H,14-18H2/t22-,23+,24-,25?,29-/m0/s1. The number of aliphatic hydroxyl groups is 1. The first kappa shape index (κ1) is 24.9. The Bertz CT molecular complexity index is 1310. The first-order chi connectivity index (χ1) is 18.4. The first-order valence-electron chi connectivity index (χ1n) is 12.8. The highest BCUT2D eigenvalue weighted by Crippen LogP contribution is 2.53. The Kier molecular flexibility index (Phi) is 6.34. The zero-order valence-corrected chi connectivity index (χ0v) is 21.4. The van der Waals surface area contributed by atoms with Crippen LogP contribution in [0.2, 0.25) is 5.02 Å². The molecule has 2 aromatic rings. The second kappa shape index (κ2) is 9.69. The van der Waals surface area contributed by atoms with Crippen molar-refractivity contribution in [3.8, 4) is 0 Å². The summed E-state index contributed by atoms with van der Waals surface area (Å²) in [6, 6.07) is 15.6. The summed E-state index contributed by atoms with van der Waals surface area (Å²) in [6.45, 7) is 0.736. The van der Waals surface area contributed by atoms with Gasteiger partial charge >= 0.3 is 0 Å². The molecule has 3 amide bonds. The number of ether oxygens (including phenoxy) is 1. The number of carbonyl (C=O) groups is 3. The van der Waals surface area contributed by atoms with Gasteiger partial charge in [-0.3, -0.25) is 14.4 Å². The molecule has 2 fully saturated rings. The minimum Gasteiger partial charge on any atom is -0.395 e. The van der Waals surface area contributed by atoms with E-state index < -0.39 is 29.6 Å². The van der Waals surface area contributed by atoms with Gasteiger partial charge in [-0.05, 0) is 29.8 Å². The monoisotopic (exact) mass is 533 g/mol. The van der Waals surface area contributed by atoms with Gasteiger partial charge in [0.15, 0.2) is 0 Å². The van der Waals surface area contributed by atoms with Crippen molar-refractivity contribution in [1.29, 1.82) is 0 Å². The largest absolute Gasteiger partial charge is 0.395 e. The van der Waals surface area contributed by atoms with E-state index in [4.69, 9.17) is 16.3 Å². The summed E-state index contributed by atoms with van der Waals surface area (Å²) in [5.41, 5.74) is 0.301. The molecule has 1 spiro atoms. The predicted octanol–water partition coefficient (Wildman–Crippen LogP) is 2.41. The number of nitrogens with zero attached hydrogens (tertiary/aromatic N) is 3. The van der Waals surface area contributed by atoms with Crippen LogP contribution in [0.1, 0.15) is 5.56 Å². The van der Waals surface area contributed by atoms with Crippen LogP contribution >= 0.6 is 11.6 Å². The molecule has 0 radical (unpaired) electrons. The van der Waals surface area contributed by atoms with Gasteiger partial charge in [-0.15, -0.1) is 0 Å². The van der Waals surface area contributed by atoms with Gasteiger partial charge in [0.25, 0.3) is 5.91 Å². The lowest BCUT2D eigenvalue weighted by atomic mass is 9.77. The Balaban J connectivity index is 1.39. The minimum atomic E-state index is -1.32. The van der Waals surface area contributed by atoms with E-state index in [0.717, 1.165) is 5.56 Å². The molecule has 9 heteroatoms. The molecule has 4 heterocycles. The van der Waals surface area contributed by atoms with E-state index in [1.807, 2.05) is 48.6 Å². The van der Waals surface area contributed by atoms with E-state index in [2.05, 4.69) is 0 Å². The molecule has 6 rings (SSSR count). The maximum atomic E-state index is 14.1. The first-order valence-corrected chi connectivity index (χ1v) is 13.2. The molecule has 0 aliphatic carbocycles. The topological polar surface area (TPSA) is 90.4 Å². The van der Waals surface area contributed by atoms with Crippen molar-refractivity contribution in [2.24, 2.45) is 11.8 Å². The molecule has 0 bridgehead atoms. The summed E-state index contributed by atoms with van der Waals surface area (Å²) in [5.74, 6) is -2.52. The summed E-state index contributed by atoms with van der Waals surface area (Å²) < 4.78 is 6.60. The normalized spacial score (nSPS) is 30.3. The smallest absolute Gasteiger partial charge is 0.253 e. The number of benzene rings is 2. The van der Waals surface area contributed by atoms with Crippen LogP contribution in [0.25, 0.3) is 0 Å². The lowest BCUT2D eigenvalue weighted by molar-refractivity contribution is -0.145. The summed E-state index contributed by atoms with van der Waals surface area (Å²) >= 11 is 6.06. The van der Waals surface area contributed by atoms with Crippen molar-refractivity contribution in [3.05, 3.63) is 89.5 Å². The van der Waals surface area contributed by atoms with Crippen molar-refractivity contribution < 1.29 is 24.2 Å². The molecular formula is C29H28ClN3O5. The number of halogens is 1. The van der Waals surface area contributed by atoms with E-state index in [0.29, 0.717) is 23.8 Å². The number of rotatable bonds is 5. The molecule has 1 unspecified atom stereocenters. The highest BCUT2D eigenvalue weighted by atomic mass is 35.5. The number of hydrogen-bond acceptors (Lipinski definition) is 5. The molecule has 38 heavy (non-hydrogen) atoms. The zero-order chi connectivity index (χ0) is 26.4. The van der Waals surface area contributed by atoms with E-state index >= 15 is 0 Å². The third kappa shape index (κ3) is 3.86. The Hall–Kier alpha value is -3.46. The van der Waals surface area contributed by atoms with Crippen LogP contribution in [0.4, 0.5) is 5.69 Å². The number of β-amino-alcohol motifs (C(OH)–C–C–N with tert-alkyl or cyclic N) is 1. The summed E-state index contributed by atoms with van der Waals surface area (Å²) in [5, 5.41) is 10.4. The van der Waals surface area contributed by atoms with Crippen LogP contribution in [-0.4, -0.2) is 76.6 Å². The van der Waals surface area contributed by atoms with Crippen LogP contribution < -0.4 is 4.90 Å².